The molecule has 2 fully saturated rings. The number of methoxy groups -OCH3 is 1. The lowest BCUT2D eigenvalue weighted by molar-refractivity contribution is -0.128. The monoisotopic (exact) mass is 212 g/mol. The standard InChI is InChI=1S/C11H20N2O2/c1-15-8-10(14)13-9-2-3-11(9)4-6-12-7-5-11/h9,12H,2-8H2,1H3,(H,13,14)/t9-/m0/s1. The summed E-state index contributed by atoms with van der Waals surface area (Å²) in [6.45, 7) is 2.37. The lowest BCUT2D eigenvalue weighted by Gasteiger charge is -2.52. The van der Waals surface area contributed by atoms with Crippen LogP contribution in [-0.4, -0.2) is 38.8 Å². The lowest BCUT2D eigenvalue weighted by Crippen LogP contribution is -2.59. The van der Waals surface area contributed by atoms with Crippen molar-refractivity contribution in [1.82, 2.24) is 10.6 Å². The maximum Gasteiger partial charge on any atom is 0.246 e. The third-order valence-corrected chi connectivity index (χ3v) is 3.88. The molecule has 4 heteroatoms. The summed E-state index contributed by atoms with van der Waals surface area (Å²) in [5.41, 5.74) is 0.397. The number of rotatable bonds is 3. The third kappa shape index (κ3) is 2.16. The van der Waals surface area contributed by atoms with Gasteiger partial charge in [0, 0.05) is 13.2 Å². The molecule has 0 radical (unpaired) electrons. The van der Waals surface area contributed by atoms with Crippen molar-refractivity contribution < 1.29 is 9.53 Å². The van der Waals surface area contributed by atoms with Crippen molar-refractivity contribution in [2.75, 3.05) is 26.8 Å². The Balaban J connectivity index is 1.85. The van der Waals surface area contributed by atoms with Crippen LogP contribution in [0.2, 0.25) is 0 Å². The van der Waals surface area contributed by atoms with Crippen LogP contribution in [0.4, 0.5) is 0 Å². The quantitative estimate of drug-likeness (QED) is 0.706. The SMILES string of the molecule is COCC(=O)N[C@H]1CCC12CCNCC2. The van der Waals surface area contributed by atoms with E-state index >= 15 is 0 Å². The number of nitrogens with one attached hydrogen (secondary N) is 2. The van der Waals surface area contributed by atoms with E-state index in [-0.39, 0.29) is 12.5 Å². The van der Waals surface area contributed by atoms with Crippen molar-refractivity contribution in [3.8, 4) is 0 Å². The topological polar surface area (TPSA) is 50.4 Å². The summed E-state index contributed by atoms with van der Waals surface area (Å²) in [7, 11) is 1.56. The Morgan fingerprint density at radius 2 is 2.20 bits per heavy atom. The fraction of sp³-hybridized carbons (Fsp3) is 0.909. The maximum atomic E-state index is 11.4. The van der Waals surface area contributed by atoms with Gasteiger partial charge < -0.3 is 15.4 Å². The van der Waals surface area contributed by atoms with Crippen molar-refractivity contribution in [2.45, 2.75) is 31.7 Å². The highest BCUT2D eigenvalue weighted by Crippen LogP contribution is 2.47. The van der Waals surface area contributed by atoms with Crippen LogP contribution in [-0.2, 0) is 9.53 Å². The first-order chi connectivity index (χ1) is 7.27. The minimum absolute atomic E-state index is 0.0279. The van der Waals surface area contributed by atoms with Crippen molar-refractivity contribution in [2.24, 2.45) is 5.41 Å². The second kappa shape index (κ2) is 4.49. The van der Waals surface area contributed by atoms with Crippen LogP contribution in [0.25, 0.3) is 0 Å². The first-order valence-corrected chi connectivity index (χ1v) is 5.76. The number of carbonyl (C=O) groups is 1. The van der Waals surface area contributed by atoms with E-state index in [1.807, 2.05) is 0 Å². The van der Waals surface area contributed by atoms with Crippen LogP contribution >= 0.6 is 0 Å². The fourth-order valence-corrected chi connectivity index (χ4v) is 2.81. The Morgan fingerprint density at radius 3 is 2.73 bits per heavy atom. The molecule has 1 atom stereocenters. The first-order valence-electron chi connectivity index (χ1n) is 5.76. The van der Waals surface area contributed by atoms with Crippen LogP contribution in [0.15, 0.2) is 0 Å². The van der Waals surface area contributed by atoms with Gasteiger partial charge >= 0.3 is 0 Å². The fourth-order valence-electron chi connectivity index (χ4n) is 2.81. The summed E-state index contributed by atoms with van der Waals surface area (Å²) in [6, 6.07) is 0.391. The van der Waals surface area contributed by atoms with Gasteiger partial charge in [-0.15, -0.1) is 0 Å². The van der Waals surface area contributed by atoms with Gasteiger partial charge in [-0.3, -0.25) is 4.79 Å². The van der Waals surface area contributed by atoms with Crippen molar-refractivity contribution >= 4 is 5.91 Å². The molecule has 2 aliphatic rings. The van der Waals surface area contributed by atoms with Gasteiger partial charge in [-0.1, -0.05) is 0 Å². The van der Waals surface area contributed by atoms with Gasteiger partial charge in [0.15, 0.2) is 0 Å². The summed E-state index contributed by atoms with van der Waals surface area (Å²) in [6.07, 6.45) is 4.80. The van der Waals surface area contributed by atoms with Crippen LogP contribution in [0.1, 0.15) is 25.7 Å². The summed E-state index contributed by atoms with van der Waals surface area (Å²) in [4.78, 5) is 11.4. The van der Waals surface area contributed by atoms with Gasteiger partial charge in [0.25, 0.3) is 0 Å². The number of hydrogen-bond acceptors (Lipinski definition) is 3. The maximum absolute atomic E-state index is 11.4. The molecule has 1 amide bonds. The van der Waals surface area contributed by atoms with Crippen LogP contribution in [0, 0.1) is 5.41 Å². The zero-order valence-corrected chi connectivity index (χ0v) is 9.34. The van der Waals surface area contributed by atoms with Crippen molar-refractivity contribution in [3.05, 3.63) is 0 Å². The third-order valence-electron chi connectivity index (χ3n) is 3.88. The molecule has 0 bridgehead atoms. The predicted octanol–water partition coefficient (Wildman–Crippen LogP) is 0.281. The molecule has 2 N–H and O–H groups in total. The molecule has 1 aliphatic carbocycles. The molecule has 0 aromatic heterocycles. The molecule has 1 spiro atoms. The van der Waals surface area contributed by atoms with E-state index in [0.29, 0.717) is 11.5 Å². The molecular weight excluding hydrogens is 192 g/mol. The molecule has 15 heavy (non-hydrogen) atoms. The molecule has 4 nitrogen and oxygen atoms in total. The van der Waals surface area contributed by atoms with Gasteiger partial charge in [-0.25, -0.2) is 0 Å². The van der Waals surface area contributed by atoms with E-state index in [0.717, 1.165) is 19.5 Å². The summed E-state index contributed by atoms with van der Waals surface area (Å²) in [5, 5.41) is 6.46. The zero-order valence-electron chi connectivity index (χ0n) is 9.34. The Bertz CT molecular complexity index is 237. The van der Waals surface area contributed by atoms with E-state index < -0.39 is 0 Å². The molecule has 2 rings (SSSR count). The molecule has 0 aromatic carbocycles. The number of hydrogen-bond donors (Lipinski definition) is 2. The molecule has 1 heterocycles. The minimum Gasteiger partial charge on any atom is -0.375 e. The van der Waals surface area contributed by atoms with E-state index in [4.69, 9.17) is 4.74 Å². The molecule has 1 saturated heterocycles. The van der Waals surface area contributed by atoms with E-state index in [1.54, 1.807) is 7.11 Å². The lowest BCUT2D eigenvalue weighted by atomic mass is 9.59. The van der Waals surface area contributed by atoms with Gasteiger partial charge in [-0.05, 0) is 44.2 Å². The highest BCUT2D eigenvalue weighted by Gasteiger charge is 2.47. The first kappa shape index (κ1) is 10.9. The highest BCUT2D eigenvalue weighted by atomic mass is 16.5. The Morgan fingerprint density at radius 1 is 1.47 bits per heavy atom. The van der Waals surface area contributed by atoms with Crippen LogP contribution < -0.4 is 10.6 Å². The molecule has 1 aliphatic heterocycles. The normalized spacial score (nSPS) is 28.5. The van der Waals surface area contributed by atoms with E-state index in [9.17, 15) is 4.79 Å². The Labute approximate surface area is 90.8 Å². The average molecular weight is 212 g/mol. The van der Waals surface area contributed by atoms with E-state index in [2.05, 4.69) is 10.6 Å². The Kier molecular flexibility index (Phi) is 3.26. The number of piperidine rings is 1. The van der Waals surface area contributed by atoms with Gasteiger partial charge in [0.1, 0.15) is 6.61 Å². The van der Waals surface area contributed by atoms with Crippen LogP contribution in [0.3, 0.4) is 0 Å². The summed E-state index contributed by atoms with van der Waals surface area (Å²) < 4.78 is 4.82. The summed E-state index contributed by atoms with van der Waals surface area (Å²) >= 11 is 0. The van der Waals surface area contributed by atoms with Gasteiger partial charge in [0.2, 0.25) is 5.91 Å². The van der Waals surface area contributed by atoms with Gasteiger partial charge in [-0.2, -0.15) is 0 Å². The van der Waals surface area contributed by atoms with Crippen LogP contribution in [0.5, 0.6) is 0 Å². The van der Waals surface area contributed by atoms with Crippen molar-refractivity contribution in [3.63, 3.8) is 0 Å². The zero-order chi connectivity index (χ0) is 10.7. The minimum atomic E-state index is 0.0279. The number of ether oxygens (including phenoxy) is 1. The molecule has 0 unspecified atom stereocenters. The van der Waals surface area contributed by atoms with E-state index in [1.165, 1.54) is 19.3 Å². The van der Waals surface area contributed by atoms with Crippen molar-refractivity contribution in [1.29, 1.82) is 0 Å². The number of carbonyl (C=O) groups excluding carboxylic acids is 1. The second-order valence-electron chi connectivity index (χ2n) is 4.70. The summed E-state index contributed by atoms with van der Waals surface area (Å²) in [5.74, 6) is 0.0279. The molecule has 1 saturated carbocycles. The molecule has 86 valence electrons. The predicted molar refractivity (Wildman–Crippen MR) is 57.6 cm³/mol. The number of amides is 1. The largest absolute Gasteiger partial charge is 0.375 e. The Hall–Kier alpha value is -0.610. The average Bonchev–Trinajstić information content (AvgIpc) is 2.26. The molecule has 0 aromatic rings. The second-order valence-corrected chi connectivity index (χ2v) is 4.70. The van der Waals surface area contributed by atoms with Gasteiger partial charge in [0.05, 0.1) is 0 Å². The highest BCUT2D eigenvalue weighted by molar-refractivity contribution is 5.77. The molecular formula is C11H20N2O2. The smallest absolute Gasteiger partial charge is 0.246 e.